The molecule has 3 rings (SSSR count). The van der Waals surface area contributed by atoms with Crippen molar-refractivity contribution in [1.29, 1.82) is 0 Å². The Bertz CT molecular complexity index is 699. The van der Waals surface area contributed by atoms with Crippen LogP contribution in [0.4, 0.5) is 4.39 Å². The van der Waals surface area contributed by atoms with Crippen molar-refractivity contribution in [2.24, 2.45) is 0 Å². The lowest BCUT2D eigenvalue weighted by atomic mass is 10.2. The molecule has 0 saturated carbocycles. The number of aliphatic hydroxyl groups excluding tert-OH is 1. The summed E-state index contributed by atoms with van der Waals surface area (Å²) in [5, 5.41) is 10.4. The number of amides is 1. The average Bonchev–Trinajstić information content (AvgIpc) is 2.78. The van der Waals surface area contributed by atoms with E-state index in [1.165, 1.54) is 23.5 Å². The number of carbonyl (C=O) groups is 1. The first-order chi connectivity index (χ1) is 11.0. The number of nitrogens with zero attached hydrogens (tertiary/aromatic N) is 2. The van der Waals surface area contributed by atoms with Crippen molar-refractivity contribution in [1.82, 2.24) is 9.88 Å². The SMILES string of the molecule is Cc1nc(-c2ccc(F)cc2)sc1C(=O)N1CCC[C@@H](O)CC1. The van der Waals surface area contributed by atoms with E-state index < -0.39 is 0 Å². The van der Waals surface area contributed by atoms with Crippen molar-refractivity contribution < 1.29 is 14.3 Å². The molecule has 122 valence electrons. The molecule has 0 aliphatic carbocycles. The first kappa shape index (κ1) is 16.1. The molecule has 0 bridgehead atoms. The lowest BCUT2D eigenvalue weighted by Gasteiger charge is -2.19. The summed E-state index contributed by atoms with van der Waals surface area (Å²) in [5.74, 6) is -0.316. The normalized spacial score (nSPS) is 18.7. The molecule has 1 aliphatic rings. The Balaban J connectivity index is 1.82. The highest BCUT2D eigenvalue weighted by molar-refractivity contribution is 7.17. The van der Waals surface area contributed by atoms with E-state index in [1.54, 1.807) is 17.0 Å². The Kier molecular flexibility index (Phi) is 4.73. The van der Waals surface area contributed by atoms with Gasteiger partial charge in [-0.2, -0.15) is 0 Å². The van der Waals surface area contributed by atoms with Crippen LogP contribution in [0.3, 0.4) is 0 Å². The Labute approximate surface area is 138 Å². The number of aryl methyl sites for hydroxylation is 1. The van der Waals surface area contributed by atoms with Crippen LogP contribution in [0.25, 0.3) is 10.6 Å². The fraction of sp³-hybridized carbons (Fsp3) is 0.412. The van der Waals surface area contributed by atoms with Crippen LogP contribution in [0.15, 0.2) is 24.3 Å². The Morgan fingerprint density at radius 3 is 2.78 bits per heavy atom. The fourth-order valence-corrected chi connectivity index (χ4v) is 3.78. The second kappa shape index (κ2) is 6.76. The molecule has 1 aliphatic heterocycles. The van der Waals surface area contributed by atoms with E-state index >= 15 is 0 Å². The molecule has 1 aromatic heterocycles. The van der Waals surface area contributed by atoms with Crippen LogP contribution < -0.4 is 0 Å². The van der Waals surface area contributed by atoms with Crippen LogP contribution in [-0.4, -0.2) is 40.1 Å². The maximum Gasteiger partial charge on any atom is 0.265 e. The van der Waals surface area contributed by atoms with Crippen molar-refractivity contribution in [3.8, 4) is 10.6 Å². The molecular weight excluding hydrogens is 315 g/mol. The first-order valence-electron chi connectivity index (χ1n) is 7.75. The van der Waals surface area contributed by atoms with Crippen LogP contribution >= 0.6 is 11.3 Å². The molecule has 4 nitrogen and oxygen atoms in total. The zero-order valence-corrected chi connectivity index (χ0v) is 13.8. The van der Waals surface area contributed by atoms with E-state index in [4.69, 9.17) is 0 Å². The third-order valence-corrected chi connectivity index (χ3v) is 5.26. The summed E-state index contributed by atoms with van der Waals surface area (Å²) in [5.41, 5.74) is 1.51. The summed E-state index contributed by atoms with van der Waals surface area (Å²) in [6.45, 7) is 3.06. The van der Waals surface area contributed by atoms with Crippen molar-refractivity contribution >= 4 is 17.2 Å². The Morgan fingerprint density at radius 1 is 1.30 bits per heavy atom. The van der Waals surface area contributed by atoms with E-state index in [0.29, 0.717) is 30.1 Å². The Morgan fingerprint density at radius 2 is 2.04 bits per heavy atom. The second-order valence-corrected chi connectivity index (χ2v) is 6.82. The van der Waals surface area contributed by atoms with Gasteiger partial charge in [0.1, 0.15) is 15.7 Å². The van der Waals surface area contributed by atoms with Gasteiger partial charge in [0.2, 0.25) is 0 Å². The lowest BCUT2D eigenvalue weighted by molar-refractivity contribution is 0.0757. The van der Waals surface area contributed by atoms with Gasteiger partial charge in [0.15, 0.2) is 0 Å². The molecule has 23 heavy (non-hydrogen) atoms. The van der Waals surface area contributed by atoms with Crippen molar-refractivity contribution in [2.75, 3.05) is 13.1 Å². The molecule has 1 fully saturated rings. The van der Waals surface area contributed by atoms with Crippen molar-refractivity contribution in [2.45, 2.75) is 32.3 Å². The van der Waals surface area contributed by atoms with Crippen LogP contribution in [0.2, 0.25) is 0 Å². The summed E-state index contributed by atoms with van der Waals surface area (Å²) in [4.78, 5) is 19.6. The van der Waals surface area contributed by atoms with Crippen LogP contribution in [0.1, 0.15) is 34.6 Å². The lowest BCUT2D eigenvalue weighted by Crippen LogP contribution is -2.32. The molecule has 1 saturated heterocycles. The number of aromatic nitrogens is 1. The van der Waals surface area contributed by atoms with Gasteiger partial charge in [0.25, 0.3) is 5.91 Å². The van der Waals surface area contributed by atoms with Gasteiger partial charge in [-0.15, -0.1) is 11.3 Å². The highest BCUT2D eigenvalue weighted by atomic mass is 32.1. The minimum atomic E-state index is -0.315. The summed E-state index contributed by atoms with van der Waals surface area (Å²) < 4.78 is 13.0. The highest BCUT2D eigenvalue weighted by Gasteiger charge is 2.24. The molecule has 2 heterocycles. The first-order valence-corrected chi connectivity index (χ1v) is 8.57. The van der Waals surface area contributed by atoms with Crippen LogP contribution in [-0.2, 0) is 0 Å². The van der Waals surface area contributed by atoms with Gasteiger partial charge in [0, 0.05) is 18.7 Å². The smallest absolute Gasteiger partial charge is 0.265 e. The highest BCUT2D eigenvalue weighted by Crippen LogP contribution is 2.29. The molecule has 1 N–H and O–H groups in total. The molecule has 1 atom stereocenters. The largest absolute Gasteiger partial charge is 0.393 e. The Hall–Kier alpha value is -1.79. The third-order valence-electron chi connectivity index (χ3n) is 4.07. The molecular formula is C17H19FN2O2S. The van der Waals surface area contributed by atoms with Crippen molar-refractivity contribution in [3.05, 3.63) is 40.7 Å². The van der Waals surface area contributed by atoms with Gasteiger partial charge in [-0.05, 0) is 50.5 Å². The number of hydrogen-bond acceptors (Lipinski definition) is 4. The number of rotatable bonds is 2. The van der Waals surface area contributed by atoms with Crippen LogP contribution in [0, 0.1) is 12.7 Å². The number of benzene rings is 1. The maximum atomic E-state index is 13.0. The topological polar surface area (TPSA) is 53.4 Å². The predicted molar refractivity (Wildman–Crippen MR) is 88.0 cm³/mol. The third kappa shape index (κ3) is 3.59. The van der Waals surface area contributed by atoms with E-state index in [9.17, 15) is 14.3 Å². The van der Waals surface area contributed by atoms with E-state index in [2.05, 4.69) is 4.98 Å². The number of halogens is 1. The van der Waals surface area contributed by atoms with Gasteiger partial charge in [-0.3, -0.25) is 4.79 Å². The quantitative estimate of drug-likeness (QED) is 0.917. The fourth-order valence-electron chi connectivity index (χ4n) is 2.74. The number of carbonyl (C=O) groups excluding carboxylic acids is 1. The van der Waals surface area contributed by atoms with Gasteiger partial charge in [-0.1, -0.05) is 0 Å². The zero-order chi connectivity index (χ0) is 16.4. The number of aliphatic hydroxyl groups is 1. The van der Waals surface area contributed by atoms with Gasteiger partial charge in [0.05, 0.1) is 11.8 Å². The number of hydrogen-bond donors (Lipinski definition) is 1. The van der Waals surface area contributed by atoms with Crippen molar-refractivity contribution in [3.63, 3.8) is 0 Å². The molecule has 0 radical (unpaired) electrons. The maximum absolute atomic E-state index is 13.0. The molecule has 0 unspecified atom stereocenters. The summed E-state index contributed by atoms with van der Waals surface area (Å²) >= 11 is 1.34. The predicted octanol–water partition coefficient (Wildman–Crippen LogP) is 3.24. The van der Waals surface area contributed by atoms with Gasteiger partial charge >= 0.3 is 0 Å². The average molecular weight is 334 g/mol. The molecule has 6 heteroatoms. The minimum Gasteiger partial charge on any atom is -0.393 e. The molecule has 0 spiro atoms. The standard InChI is InChI=1S/C17H19FN2O2S/c1-11-15(17(22)20-9-2-3-14(21)8-10-20)23-16(19-11)12-4-6-13(18)7-5-12/h4-7,14,21H,2-3,8-10H2,1H3/t14-/m1/s1. The summed E-state index contributed by atoms with van der Waals surface area (Å²) in [6, 6.07) is 6.13. The second-order valence-electron chi connectivity index (χ2n) is 5.82. The molecule has 2 aromatic rings. The monoisotopic (exact) mass is 334 g/mol. The van der Waals surface area contributed by atoms with E-state index in [1.807, 2.05) is 6.92 Å². The summed E-state index contributed by atoms with van der Waals surface area (Å²) in [7, 11) is 0. The van der Waals surface area contributed by atoms with Crippen LogP contribution in [0.5, 0.6) is 0 Å². The van der Waals surface area contributed by atoms with Gasteiger partial charge < -0.3 is 10.0 Å². The van der Waals surface area contributed by atoms with E-state index in [0.717, 1.165) is 23.4 Å². The molecule has 1 amide bonds. The van der Waals surface area contributed by atoms with Gasteiger partial charge in [-0.25, -0.2) is 9.37 Å². The minimum absolute atomic E-state index is 0.0255. The van der Waals surface area contributed by atoms with E-state index in [-0.39, 0.29) is 17.8 Å². The zero-order valence-electron chi connectivity index (χ0n) is 13.0. The summed E-state index contributed by atoms with van der Waals surface area (Å²) in [6.07, 6.45) is 1.86. The number of likely N-dealkylation sites (tertiary alicyclic amines) is 1. The number of thiazole rings is 1. The molecule has 1 aromatic carbocycles.